The summed E-state index contributed by atoms with van der Waals surface area (Å²) in [5.41, 5.74) is 2.32. The highest BCUT2D eigenvalue weighted by Crippen LogP contribution is 2.19. The maximum atomic E-state index is 11.4. The number of hydrogen-bond acceptors (Lipinski definition) is 4. The average molecular weight is 272 g/mol. The summed E-state index contributed by atoms with van der Waals surface area (Å²) in [6, 6.07) is 4.30. The van der Waals surface area contributed by atoms with E-state index in [1.807, 2.05) is 24.8 Å². The first kappa shape index (κ1) is 14.3. The summed E-state index contributed by atoms with van der Waals surface area (Å²) in [7, 11) is 0. The minimum absolute atomic E-state index is 0.122. The van der Waals surface area contributed by atoms with Crippen LogP contribution >= 0.6 is 0 Å². The van der Waals surface area contributed by atoms with Gasteiger partial charge >= 0.3 is 0 Å². The summed E-state index contributed by atoms with van der Waals surface area (Å²) in [5.74, 6) is 0.908. The Kier molecular flexibility index (Phi) is 4.23. The fraction of sp³-hybridized carbons (Fsp3) is 0.533. The SMILES string of the molecule is CC(=O)N1CCC[C@H](Nc2cc(C)c(C#N)c(C)n2)C1. The first-order valence-corrected chi connectivity index (χ1v) is 6.91. The molecule has 1 aliphatic heterocycles. The van der Waals surface area contributed by atoms with E-state index in [4.69, 9.17) is 5.26 Å². The van der Waals surface area contributed by atoms with Crippen LogP contribution in [0.2, 0.25) is 0 Å². The van der Waals surface area contributed by atoms with E-state index in [0.717, 1.165) is 43.0 Å². The molecule has 1 fully saturated rings. The predicted octanol–water partition coefficient (Wildman–Crippen LogP) is 1.99. The highest BCUT2D eigenvalue weighted by molar-refractivity contribution is 5.73. The number of amides is 1. The lowest BCUT2D eigenvalue weighted by molar-refractivity contribution is -0.129. The number of carbonyl (C=O) groups excluding carboxylic acids is 1. The van der Waals surface area contributed by atoms with Crippen molar-refractivity contribution in [3.63, 3.8) is 0 Å². The third-order valence-corrected chi connectivity index (χ3v) is 3.73. The Labute approximate surface area is 119 Å². The molecule has 2 heterocycles. The van der Waals surface area contributed by atoms with Crippen LogP contribution in [0.3, 0.4) is 0 Å². The Morgan fingerprint density at radius 2 is 2.30 bits per heavy atom. The number of aromatic nitrogens is 1. The minimum Gasteiger partial charge on any atom is -0.366 e. The second-order valence-electron chi connectivity index (χ2n) is 5.35. The lowest BCUT2D eigenvalue weighted by atomic mass is 10.1. The zero-order valence-corrected chi connectivity index (χ0v) is 12.2. The van der Waals surface area contributed by atoms with Gasteiger partial charge in [-0.05, 0) is 38.3 Å². The maximum absolute atomic E-state index is 11.4. The molecule has 20 heavy (non-hydrogen) atoms. The number of nitrogens with zero attached hydrogens (tertiary/aromatic N) is 3. The maximum Gasteiger partial charge on any atom is 0.219 e. The minimum atomic E-state index is 0.122. The largest absolute Gasteiger partial charge is 0.366 e. The molecule has 1 amide bonds. The van der Waals surface area contributed by atoms with E-state index in [9.17, 15) is 4.79 Å². The molecule has 1 aromatic heterocycles. The summed E-state index contributed by atoms with van der Waals surface area (Å²) in [6.45, 7) is 6.93. The van der Waals surface area contributed by atoms with Crippen LogP contribution in [0.1, 0.15) is 36.6 Å². The number of nitriles is 1. The second kappa shape index (κ2) is 5.91. The molecule has 0 unspecified atom stereocenters. The molecule has 1 N–H and O–H groups in total. The lowest BCUT2D eigenvalue weighted by Crippen LogP contribution is -2.44. The van der Waals surface area contributed by atoms with Gasteiger partial charge in [-0.1, -0.05) is 0 Å². The number of piperidine rings is 1. The molecule has 1 saturated heterocycles. The van der Waals surface area contributed by atoms with Gasteiger partial charge in [-0.15, -0.1) is 0 Å². The molecular formula is C15H20N4O. The first-order valence-electron chi connectivity index (χ1n) is 6.91. The van der Waals surface area contributed by atoms with Crippen molar-refractivity contribution in [2.24, 2.45) is 0 Å². The molecule has 0 aromatic carbocycles. The monoisotopic (exact) mass is 272 g/mol. The van der Waals surface area contributed by atoms with Gasteiger partial charge in [0, 0.05) is 26.1 Å². The number of hydrogen-bond donors (Lipinski definition) is 1. The van der Waals surface area contributed by atoms with Gasteiger partial charge in [0.05, 0.1) is 11.3 Å². The summed E-state index contributed by atoms with van der Waals surface area (Å²) < 4.78 is 0. The molecule has 106 valence electrons. The van der Waals surface area contributed by atoms with Crippen molar-refractivity contribution in [3.8, 4) is 6.07 Å². The van der Waals surface area contributed by atoms with Gasteiger partial charge in [-0.2, -0.15) is 5.26 Å². The van der Waals surface area contributed by atoms with Crippen LogP contribution in [0.5, 0.6) is 0 Å². The van der Waals surface area contributed by atoms with E-state index in [2.05, 4.69) is 16.4 Å². The Morgan fingerprint density at radius 1 is 1.55 bits per heavy atom. The van der Waals surface area contributed by atoms with Crippen molar-refractivity contribution in [2.45, 2.75) is 39.7 Å². The van der Waals surface area contributed by atoms with E-state index in [-0.39, 0.29) is 11.9 Å². The molecule has 1 aromatic rings. The summed E-state index contributed by atoms with van der Waals surface area (Å²) in [5, 5.41) is 12.4. The van der Waals surface area contributed by atoms with Crippen LogP contribution in [0.15, 0.2) is 6.07 Å². The fourth-order valence-corrected chi connectivity index (χ4v) is 2.66. The van der Waals surface area contributed by atoms with Crippen LogP contribution in [0.4, 0.5) is 5.82 Å². The second-order valence-corrected chi connectivity index (χ2v) is 5.35. The highest BCUT2D eigenvalue weighted by atomic mass is 16.2. The molecule has 0 aliphatic carbocycles. The van der Waals surface area contributed by atoms with E-state index < -0.39 is 0 Å². The standard InChI is InChI=1S/C15H20N4O/c1-10-7-15(17-11(2)14(10)8-16)18-13-5-4-6-19(9-13)12(3)20/h7,13H,4-6,9H2,1-3H3,(H,17,18)/t13-/m0/s1. The number of aryl methyl sites for hydroxylation is 2. The van der Waals surface area contributed by atoms with E-state index in [0.29, 0.717) is 5.56 Å². The van der Waals surface area contributed by atoms with Crippen LogP contribution in [-0.2, 0) is 4.79 Å². The molecule has 0 spiro atoms. The van der Waals surface area contributed by atoms with Crippen molar-refractivity contribution in [1.29, 1.82) is 5.26 Å². The Bertz CT molecular complexity index is 538. The highest BCUT2D eigenvalue weighted by Gasteiger charge is 2.21. The van der Waals surface area contributed by atoms with Crippen molar-refractivity contribution in [1.82, 2.24) is 9.88 Å². The van der Waals surface area contributed by atoms with Gasteiger partial charge < -0.3 is 10.2 Å². The van der Waals surface area contributed by atoms with E-state index in [1.54, 1.807) is 6.92 Å². The van der Waals surface area contributed by atoms with Crippen LogP contribution in [0, 0.1) is 25.2 Å². The van der Waals surface area contributed by atoms with Gasteiger partial charge in [0.2, 0.25) is 5.91 Å². The zero-order chi connectivity index (χ0) is 14.7. The number of anilines is 1. The van der Waals surface area contributed by atoms with Crippen molar-refractivity contribution in [3.05, 3.63) is 22.9 Å². The van der Waals surface area contributed by atoms with Crippen molar-refractivity contribution < 1.29 is 4.79 Å². The lowest BCUT2D eigenvalue weighted by Gasteiger charge is -2.32. The molecule has 1 atom stereocenters. The van der Waals surface area contributed by atoms with Gasteiger partial charge in [-0.3, -0.25) is 4.79 Å². The topological polar surface area (TPSA) is 69.0 Å². The van der Waals surface area contributed by atoms with Gasteiger partial charge in [-0.25, -0.2) is 4.98 Å². The Balaban J connectivity index is 2.11. The predicted molar refractivity (Wildman–Crippen MR) is 77.3 cm³/mol. The number of nitrogens with one attached hydrogen (secondary N) is 1. The third-order valence-electron chi connectivity index (χ3n) is 3.73. The normalized spacial score (nSPS) is 18.5. The number of pyridine rings is 1. The molecule has 1 aliphatic rings. The molecule has 5 nitrogen and oxygen atoms in total. The molecule has 0 bridgehead atoms. The molecule has 0 saturated carbocycles. The van der Waals surface area contributed by atoms with E-state index in [1.165, 1.54) is 0 Å². The number of rotatable bonds is 2. The quantitative estimate of drug-likeness (QED) is 0.894. The van der Waals surface area contributed by atoms with Gasteiger partial charge in [0.15, 0.2) is 0 Å². The number of likely N-dealkylation sites (tertiary alicyclic amines) is 1. The Hall–Kier alpha value is -2.09. The fourth-order valence-electron chi connectivity index (χ4n) is 2.66. The van der Waals surface area contributed by atoms with Crippen LogP contribution in [0.25, 0.3) is 0 Å². The molecule has 5 heteroatoms. The molecular weight excluding hydrogens is 252 g/mol. The van der Waals surface area contributed by atoms with Gasteiger partial charge in [0.1, 0.15) is 11.9 Å². The number of carbonyl (C=O) groups is 1. The zero-order valence-electron chi connectivity index (χ0n) is 12.2. The van der Waals surface area contributed by atoms with E-state index >= 15 is 0 Å². The van der Waals surface area contributed by atoms with Gasteiger partial charge in [0.25, 0.3) is 0 Å². The van der Waals surface area contributed by atoms with Crippen LogP contribution < -0.4 is 5.32 Å². The smallest absolute Gasteiger partial charge is 0.219 e. The molecule has 0 radical (unpaired) electrons. The average Bonchev–Trinajstić information content (AvgIpc) is 2.38. The Morgan fingerprint density at radius 3 is 2.90 bits per heavy atom. The third kappa shape index (κ3) is 3.08. The first-order chi connectivity index (χ1) is 9.51. The summed E-state index contributed by atoms with van der Waals surface area (Å²) in [4.78, 5) is 17.7. The van der Waals surface area contributed by atoms with Crippen molar-refractivity contribution in [2.75, 3.05) is 18.4 Å². The summed E-state index contributed by atoms with van der Waals surface area (Å²) in [6.07, 6.45) is 2.04. The van der Waals surface area contributed by atoms with Crippen molar-refractivity contribution >= 4 is 11.7 Å². The summed E-state index contributed by atoms with van der Waals surface area (Å²) >= 11 is 0. The molecule has 2 rings (SSSR count). The van der Waals surface area contributed by atoms with Crippen LogP contribution in [-0.4, -0.2) is 34.9 Å².